The molecule has 126 valence electrons. The number of benzene rings is 2. The number of hydrogen-bond donors (Lipinski definition) is 0. The van der Waals surface area contributed by atoms with Crippen LogP contribution < -0.4 is 0 Å². The zero-order chi connectivity index (χ0) is 17.3. The predicted molar refractivity (Wildman–Crippen MR) is 86.0 cm³/mol. The fourth-order valence-electron chi connectivity index (χ4n) is 3.47. The van der Waals surface area contributed by atoms with Crippen molar-refractivity contribution in [2.45, 2.75) is 38.0 Å². The first-order valence-corrected chi connectivity index (χ1v) is 8.05. The van der Waals surface area contributed by atoms with E-state index < -0.39 is 23.3 Å². The predicted octanol–water partition coefficient (Wildman–Crippen LogP) is 5.63. The smallest absolute Gasteiger partial charge is 0.162 e. The van der Waals surface area contributed by atoms with Gasteiger partial charge in [-0.05, 0) is 72.9 Å². The lowest BCUT2D eigenvalue weighted by Gasteiger charge is -2.26. The molecule has 0 spiro atoms. The van der Waals surface area contributed by atoms with Crippen LogP contribution in [0.15, 0.2) is 36.9 Å². The Kier molecular flexibility index (Phi) is 4.74. The van der Waals surface area contributed by atoms with E-state index in [1.165, 1.54) is 18.2 Å². The molecule has 0 saturated heterocycles. The zero-order valence-corrected chi connectivity index (χ0v) is 13.2. The molecule has 1 aliphatic carbocycles. The van der Waals surface area contributed by atoms with E-state index in [-0.39, 0.29) is 17.9 Å². The van der Waals surface area contributed by atoms with Crippen molar-refractivity contribution >= 4 is 0 Å². The average Bonchev–Trinajstić information content (AvgIpc) is 2.56. The minimum absolute atomic E-state index is 0.0488. The van der Waals surface area contributed by atoms with Gasteiger partial charge in [0.25, 0.3) is 0 Å². The molecule has 0 aliphatic heterocycles. The highest BCUT2D eigenvalue weighted by molar-refractivity contribution is 5.37. The Labute approximate surface area is 138 Å². The van der Waals surface area contributed by atoms with Crippen molar-refractivity contribution < 1.29 is 17.6 Å². The highest BCUT2D eigenvalue weighted by Crippen LogP contribution is 2.37. The largest absolute Gasteiger partial charge is 0.207 e. The number of hydrogen-bond acceptors (Lipinski definition) is 0. The van der Waals surface area contributed by atoms with Gasteiger partial charge in [0.2, 0.25) is 0 Å². The van der Waals surface area contributed by atoms with Gasteiger partial charge >= 0.3 is 0 Å². The third-order valence-electron chi connectivity index (χ3n) is 4.69. The SMILES string of the molecule is C=CCCc1cc(F)c(C2CCc3c(ccc(F)c3F)C2)c(F)c1. The molecule has 0 aromatic heterocycles. The summed E-state index contributed by atoms with van der Waals surface area (Å²) >= 11 is 0. The van der Waals surface area contributed by atoms with Crippen LogP contribution >= 0.6 is 0 Å². The van der Waals surface area contributed by atoms with Crippen LogP contribution in [-0.4, -0.2) is 0 Å². The lowest BCUT2D eigenvalue weighted by molar-refractivity contribution is 0.460. The van der Waals surface area contributed by atoms with Crippen LogP contribution in [0.1, 0.15) is 41.0 Å². The van der Waals surface area contributed by atoms with Crippen molar-refractivity contribution in [1.82, 2.24) is 0 Å². The summed E-state index contributed by atoms with van der Waals surface area (Å²) in [6.45, 7) is 3.60. The molecule has 24 heavy (non-hydrogen) atoms. The van der Waals surface area contributed by atoms with Crippen LogP contribution in [0.25, 0.3) is 0 Å². The first-order chi connectivity index (χ1) is 11.5. The second kappa shape index (κ2) is 6.80. The summed E-state index contributed by atoms with van der Waals surface area (Å²) < 4.78 is 56.0. The maximum absolute atomic E-state index is 14.4. The van der Waals surface area contributed by atoms with Gasteiger partial charge in [0, 0.05) is 5.56 Å². The van der Waals surface area contributed by atoms with E-state index in [9.17, 15) is 17.6 Å². The van der Waals surface area contributed by atoms with Gasteiger partial charge < -0.3 is 0 Å². The third kappa shape index (κ3) is 3.10. The molecule has 2 aromatic carbocycles. The summed E-state index contributed by atoms with van der Waals surface area (Å²) in [5.74, 6) is -3.21. The van der Waals surface area contributed by atoms with Gasteiger partial charge in [0.15, 0.2) is 11.6 Å². The van der Waals surface area contributed by atoms with Crippen molar-refractivity contribution in [3.8, 4) is 0 Å². The summed E-state index contributed by atoms with van der Waals surface area (Å²) in [4.78, 5) is 0. The Balaban J connectivity index is 1.90. The van der Waals surface area contributed by atoms with Gasteiger partial charge in [-0.3, -0.25) is 0 Å². The molecule has 4 heteroatoms. The standard InChI is InChI=1S/C20H18F4/c1-2-3-4-12-9-17(22)19(18(23)10-12)14-5-7-15-13(11-14)6-8-16(21)20(15)24/h2,6,8-10,14H,1,3-5,7,11H2. The molecule has 0 nitrogen and oxygen atoms in total. The van der Waals surface area contributed by atoms with Gasteiger partial charge in [-0.15, -0.1) is 6.58 Å². The number of allylic oxidation sites excluding steroid dienone is 1. The molecule has 0 heterocycles. The quantitative estimate of drug-likeness (QED) is 0.502. The summed E-state index contributed by atoms with van der Waals surface area (Å²) in [7, 11) is 0. The van der Waals surface area contributed by atoms with E-state index in [0.717, 1.165) is 6.07 Å². The second-order valence-corrected chi connectivity index (χ2v) is 6.24. The van der Waals surface area contributed by atoms with Gasteiger partial charge in [-0.25, -0.2) is 17.6 Å². The van der Waals surface area contributed by atoms with Crippen molar-refractivity contribution in [1.29, 1.82) is 0 Å². The molecular weight excluding hydrogens is 316 g/mol. The van der Waals surface area contributed by atoms with Crippen LogP contribution in [0.4, 0.5) is 17.6 Å². The number of halogens is 4. The second-order valence-electron chi connectivity index (χ2n) is 6.24. The van der Waals surface area contributed by atoms with E-state index in [1.54, 1.807) is 6.08 Å². The molecule has 0 saturated carbocycles. The van der Waals surface area contributed by atoms with Crippen LogP contribution in [0.2, 0.25) is 0 Å². The van der Waals surface area contributed by atoms with E-state index in [0.29, 0.717) is 42.4 Å². The summed E-state index contributed by atoms with van der Waals surface area (Å²) in [5.41, 5.74) is 1.60. The lowest BCUT2D eigenvalue weighted by atomic mass is 9.79. The van der Waals surface area contributed by atoms with E-state index in [1.807, 2.05) is 0 Å². The average molecular weight is 334 g/mol. The Hall–Kier alpha value is -2.10. The number of rotatable bonds is 4. The summed E-state index contributed by atoms with van der Waals surface area (Å²) in [5, 5.41) is 0. The Morgan fingerprint density at radius 1 is 1.04 bits per heavy atom. The van der Waals surface area contributed by atoms with Crippen LogP contribution in [0.3, 0.4) is 0 Å². The normalized spacial score (nSPS) is 16.8. The van der Waals surface area contributed by atoms with Crippen molar-refractivity contribution in [2.75, 3.05) is 0 Å². The molecule has 0 fully saturated rings. The topological polar surface area (TPSA) is 0 Å². The van der Waals surface area contributed by atoms with Gasteiger partial charge in [-0.1, -0.05) is 12.1 Å². The van der Waals surface area contributed by atoms with E-state index in [2.05, 4.69) is 6.58 Å². The highest BCUT2D eigenvalue weighted by Gasteiger charge is 2.28. The molecule has 2 aromatic rings. The van der Waals surface area contributed by atoms with Gasteiger partial charge in [0.05, 0.1) is 0 Å². The van der Waals surface area contributed by atoms with Crippen LogP contribution in [-0.2, 0) is 19.3 Å². The maximum atomic E-state index is 14.4. The van der Waals surface area contributed by atoms with Crippen molar-refractivity contribution in [2.24, 2.45) is 0 Å². The maximum Gasteiger partial charge on any atom is 0.162 e. The monoisotopic (exact) mass is 334 g/mol. The fraction of sp³-hybridized carbons (Fsp3) is 0.300. The van der Waals surface area contributed by atoms with E-state index in [4.69, 9.17) is 0 Å². The zero-order valence-electron chi connectivity index (χ0n) is 13.2. The molecule has 1 atom stereocenters. The number of aryl methyl sites for hydroxylation is 1. The summed E-state index contributed by atoms with van der Waals surface area (Å²) in [6, 6.07) is 5.31. The molecule has 0 N–H and O–H groups in total. The minimum atomic E-state index is -0.879. The Bertz CT molecular complexity index is 756. The van der Waals surface area contributed by atoms with Gasteiger partial charge in [0.1, 0.15) is 11.6 Å². The lowest BCUT2D eigenvalue weighted by Crippen LogP contribution is -2.17. The molecule has 0 radical (unpaired) electrons. The van der Waals surface area contributed by atoms with Crippen LogP contribution in [0, 0.1) is 23.3 Å². The van der Waals surface area contributed by atoms with Crippen molar-refractivity contribution in [3.63, 3.8) is 0 Å². The Morgan fingerprint density at radius 2 is 1.75 bits per heavy atom. The van der Waals surface area contributed by atoms with Crippen molar-refractivity contribution in [3.05, 3.63) is 82.4 Å². The molecule has 0 amide bonds. The number of fused-ring (bicyclic) bond motifs is 1. The van der Waals surface area contributed by atoms with Crippen LogP contribution in [0.5, 0.6) is 0 Å². The molecular formula is C20H18F4. The van der Waals surface area contributed by atoms with Gasteiger partial charge in [-0.2, -0.15) is 0 Å². The Morgan fingerprint density at radius 3 is 2.42 bits per heavy atom. The first-order valence-electron chi connectivity index (χ1n) is 8.05. The minimum Gasteiger partial charge on any atom is -0.207 e. The molecule has 0 bridgehead atoms. The molecule has 1 unspecified atom stereocenters. The van der Waals surface area contributed by atoms with E-state index >= 15 is 0 Å². The third-order valence-corrected chi connectivity index (χ3v) is 4.69. The highest BCUT2D eigenvalue weighted by atomic mass is 19.2. The summed E-state index contributed by atoms with van der Waals surface area (Å²) in [6.07, 6.45) is 3.88. The molecule has 1 aliphatic rings. The molecule has 3 rings (SSSR count). The first kappa shape index (κ1) is 16.7. The fourth-order valence-corrected chi connectivity index (χ4v) is 3.47.